The molecular weight excluding hydrogens is 401 g/mol. The van der Waals surface area contributed by atoms with E-state index < -0.39 is 15.8 Å². The summed E-state index contributed by atoms with van der Waals surface area (Å²) in [5.74, 6) is 0.679. The summed E-state index contributed by atoms with van der Waals surface area (Å²) >= 11 is 6.97. The van der Waals surface area contributed by atoms with E-state index in [-0.39, 0.29) is 15.6 Å². The number of halogens is 2. The molecule has 26 heavy (non-hydrogen) atoms. The van der Waals surface area contributed by atoms with Crippen LogP contribution in [-0.2, 0) is 10.0 Å². The maximum Gasteiger partial charge on any atom is 0.263 e. The molecule has 6 nitrogen and oxygen atoms in total. The smallest absolute Gasteiger partial charge is 0.263 e. The Bertz CT molecular complexity index is 1090. The van der Waals surface area contributed by atoms with E-state index in [1.165, 1.54) is 29.5 Å². The fourth-order valence-corrected chi connectivity index (χ4v) is 5.19. The van der Waals surface area contributed by atoms with Gasteiger partial charge in [0.15, 0.2) is 0 Å². The molecular formula is C16H13ClFN3O3S2. The molecule has 0 radical (unpaired) electrons. The lowest BCUT2D eigenvalue weighted by atomic mass is 10.3. The summed E-state index contributed by atoms with van der Waals surface area (Å²) in [6, 6.07) is 5.14. The third-order valence-electron chi connectivity index (χ3n) is 3.92. The van der Waals surface area contributed by atoms with Crippen LogP contribution in [0.1, 0.15) is 29.5 Å². The molecule has 136 valence electrons. The highest BCUT2D eigenvalue weighted by Crippen LogP contribution is 2.40. The van der Waals surface area contributed by atoms with Crippen LogP contribution >= 0.6 is 22.9 Å². The Morgan fingerprint density at radius 2 is 2.12 bits per heavy atom. The third kappa shape index (κ3) is 3.34. The van der Waals surface area contributed by atoms with Gasteiger partial charge >= 0.3 is 0 Å². The van der Waals surface area contributed by atoms with Crippen molar-refractivity contribution in [1.82, 2.24) is 10.1 Å². The lowest BCUT2D eigenvalue weighted by Crippen LogP contribution is -2.13. The van der Waals surface area contributed by atoms with Gasteiger partial charge in [0.05, 0.1) is 15.6 Å². The Morgan fingerprint density at radius 3 is 2.81 bits per heavy atom. The number of hydrogen-bond donors (Lipinski definition) is 1. The molecule has 0 amide bonds. The van der Waals surface area contributed by atoms with Gasteiger partial charge in [-0.05, 0) is 44.0 Å². The van der Waals surface area contributed by atoms with Gasteiger partial charge in [-0.1, -0.05) is 16.8 Å². The number of benzene rings is 1. The maximum atomic E-state index is 13.2. The molecule has 1 aliphatic carbocycles. The molecule has 0 unspecified atom stereocenters. The SMILES string of the molecule is Cc1sc(-c2noc(C3CC3)n2)cc1S(=O)(=O)Nc1ccc(F)c(Cl)c1. The molecule has 10 heteroatoms. The van der Waals surface area contributed by atoms with Gasteiger partial charge in [-0.25, -0.2) is 12.8 Å². The molecule has 1 aromatic carbocycles. The van der Waals surface area contributed by atoms with E-state index in [4.69, 9.17) is 16.1 Å². The number of sulfonamides is 1. The second-order valence-corrected chi connectivity index (χ2v) is 9.31. The van der Waals surface area contributed by atoms with E-state index in [1.807, 2.05) is 0 Å². The summed E-state index contributed by atoms with van der Waals surface area (Å²) in [5.41, 5.74) is 0.180. The molecule has 0 saturated heterocycles. The number of aryl methyl sites for hydroxylation is 1. The van der Waals surface area contributed by atoms with Crippen molar-refractivity contribution in [2.45, 2.75) is 30.6 Å². The Labute approximate surface area is 158 Å². The zero-order valence-electron chi connectivity index (χ0n) is 13.5. The van der Waals surface area contributed by atoms with Crippen LogP contribution in [0.3, 0.4) is 0 Å². The maximum absolute atomic E-state index is 13.2. The van der Waals surface area contributed by atoms with Gasteiger partial charge < -0.3 is 4.52 Å². The van der Waals surface area contributed by atoms with E-state index in [0.717, 1.165) is 18.9 Å². The van der Waals surface area contributed by atoms with E-state index in [9.17, 15) is 12.8 Å². The monoisotopic (exact) mass is 413 g/mol. The van der Waals surface area contributed by atoms with Crippen LogP contribution in [0.2, 0.25) is 5.02 Å². The van der Waals surface area contributed by atoms with E-state index in [0.29, 0.717) is 27.4 Å². The van der Waals surface area contributed by atoms with Crippen LogP contribution in [0, 0.1) is 12.7 Å². The van der Waals surface area contributed by atoms with Crippen LogP contribution in [0.15, 0.2) is 33.7 Å². The van der Waals surface area contributed by atoms with Gasteiger partial charge in [0.2, 0.25) is 11.7 Å². The Hall–Kier alpha value is -1.97. The number of rotatable bonds is 5. The minimum Gasteiger partial charge on any atom is -0.339 e. The zero-order valence-corrected chi connectivity index (χ0v) is 15.9. The summed E-state index contributed by atoms with van der Waals surface area (Å²) in [6.07, 6.45) is 2.07. The van der Waals surface area contributed by atoms with Crippen LogP contribution in [0.25, 0.3) is 10.7 Å². The molecule has 1 N–H and O–H groups in total. The lowest BCUT2D eigenvalue weighted by molar-refractivity contribution is 0.380. The first-order chi connectivity index (χ1) is 12.3. The largest absolute Gasteiger partial charge is 0.339 e. The molecule has 0 spiro atoms. The van der Waals surface area contributed by atoms with Gasteiger partial charge in [-0.3, -0.25) is 4.72 Å². The summed E-state index contributed by atoms with van der Waals surface area (Å²) in [4.78, 5) is 5.64. The molecule has 1 fully saturated rings. The average Bonchev–Trinajstić information content (AvgIpc) is 3.16. The molecule has 1 saturated carbocycles. The normalized spacial score (nSPS) is 14.6. The van der Waals surface area contributed by atoms with Crippen molar-refractivity contribution >= 4 is 38.6 Å². The summed E-state index contributed by atoms with van der Waals surface area (Å²) in [5, 5.41) is 3.78. The second-order valence-electron chi connectivity index (χ2n) is 6.00. The van der Waals surface area contributed by atoms with Crippen molar-refractivity contribution in [3.63, 3.8) is 0 Å². The van der Waals surface area contributed by atoms with Gasteiger partial charge in [0.1, 0.15) is 10.7 Å². The molecule has 4 rings (SSSR count). The Morgan fingerprint density at radius 1 is 1.35 bits per heavy atom. The topological polar surface area (TPSA) is 85.1 Å². The average molecular weight is 414 g/mol. The Balaban J connectivity index is 1.63. The summed E-state index contributed by atoms with van der Waals surface area (Å²) in [7, 11) is -3.86. The van der Waals surface area contributed by atoms with Gasteiger partial charge in [-0.2, -0.15) is 4.98 Å². The van der Waals surface area contributed by atoms with Crippen molar-refractivity contribution in [3.8, 4) is 10.7 Å². The lowest BCUT2D eigenvalue weighted by Gasteiger charge is -2.08. The first kappa shape index (κ1) is 17.4. The quantitative estimate of drug-likeness (QED) is 0.661. The summed E-state index contributed by atoms with van der Waals surface area (Å²) in [6.45, 7) is 1.70. The number of thiophene rings is 1. The molecule has 1 aliphatic rings. The third-order valence-corrected chi connectivity index (χ3v) is 6.90. The first-order valence-corrected chi connectivity index (χ1v) is 10.4. The molecule has 3 aromatic rings. The molecule has 2 aromatic heterocycles. The highest BCUT2D eigenvalue weighted by atomic mass is 35.5. The number of hydrogen-bond acceptors (Lipinski definition) is 6. The minimum absolute atomic E-state index is 0.107. The predicted octanol–water partition coefficient (Wildman–Crippen LogP) is 4.58. The van der Waals surface area contributed by atoms with Crippen LogP contribution in [0.4, 0.5) is 10.1 Å². The predicted molar refractivity (Wildman–Crippen MR) is 96.5 cm³/mol. The van der Waals surface area contributed by atoms with Gasteiger partial charge in [-0.15, -0.1) is 11.3 Å². The van der Waals surface area contributed by atoms with Crippen LogP contribution in [0.5, 0.6) is 0 Å². The number of nitrogens with one attached hydrogen (secondary N) is 1. The number of nitrogens with zero attached hydrogens (tertiary/aromatic N) is 2. The van der Waals surface area contributed by atoms with Crippen LogP contribution in [-0.4, -0.2) is 18.6 Å². The molecule has 0 atom stereocenters. The van der Waals surface area contributed by atoms with Crippen LogP contribution < -0.4 is 4.72 Å². The minimum atomic E-state index is -3.86. The highest BCUT2D eigenvalue weighted by Gasteiger charge is 2.30. The van der Waals surface area contributed by atoms with E-state index >= 15 is 0 Å². The van der Waals surface area contributed by atoms with Gasteiger partial charge in [0.25, 0.3) is 10.0 Å². The molecule has 0 aliphatic heterocycles. The van der Waals surface area contributed by atoms with Crippen molar-refractivity contribution in [1.29, 1.82) is 0 Å². The van der Waals surface area contributed by atoms with Crippen molar-refractivity contribution in [2.24, 2.45) is 0 Å². The van der Waals surface area contributed by atoms with E-state index in [2.05, 4.69) is 14.9 Å². The summed E-state index contributed by atoms with van der Waals surface area (Å²) < 4.78 is 46.2. The van der Waals surface area contributed by atoms with Crippen molar-refractivity contribution < 1.29 is 17.3 Å². The second kappa shape index (κ2) is 6.33. The fraction of sp³-hybridized carbons (Fsp3) is 0.250. The number of anilines is 1. The van der Waals surface area contributed by atoms with E-state index in [1.54, 1.807) is 6.92 Å². The standard InChI is InChI=1S/C16H13ClFN3O3S2/c1-8-14(26(22,23)21-10-4-5-12(18)11(17)6-10)7-13(25-8)15-19-16(24-20-15)9-2-3-9/h4-7,9,21H,2-3H2,1H3. The van der Waals surface area contributed by atoms with Crippen molar-refractivity contribution in [2.75, 3.05) is 4.72 Å². The first-order valence-electron chi connectivity index (χ1n) is 7.76. The van der Waals surface area contributed by atoms with Crippen molar-refractivity contribution in [3.05, 3.63) is 45.9 Å². The zero-order chi connectivity index (χ0) is 18.5. The molecule has 0 bridgehead atoms. The van der Waals surface area contributed by atoms with Gasteiger partial charge in [0, 0.05) is 10.8 Å². The fourth-order valence-electron chi connectivity index (χ4n) is 2.44. The molecule has 2 heterocycles. The Kier molecular flexibility index (Phi) is 4.25. The highest BCUT2D eigenvalue weighted by molar-refractivity contribution is 7.93. The number of aromatic nitrogens is 2.